The fourth-order valence-electron chi connectivity index (χ4n) is 3.29. The van der Waals surface area contributed by atoms with Gasteiger partial charge < -0.3 is 23.3 Å². The van der Waals surface area contributed by atoms with E-state index in [9.17, 15) is 0 Å². The van der Waals surface area contributed by atoms with Crippen LogP contribution in [0.4, 0.5) is 0 Å². The third kappa shape index (κ3) is 5.86. The van der Waals surface area contributed by atoms with E-state index < -0.39 is 12.3 Å². The molecule has 0 saturated carbocycles. The summed E-state index contributed by atoms with van der Waals surface area (Å²) in [4.78, 5) is 0. The van der Waals surface area contributed by atoms with Gasteiger partial charge in [-0.05, 0) is 56.4 Å². The number of hydrogen-bond acceptors (Lipinski definition) is 7. The van der Waals surface area contributed by atoms with Crippen molar-refractivity contribution in [2.45, 2.75) is 74.3 Å². The monoisotopic (exact) mass is 510 g/mol. The molecule has 0 N–H and O–H groups in total. The Morgan fingerprint density at radius 3 is 2.48 bits per heavy atom. The standard InChI is InChI=1S/C17H29BIN2O5P/c1-6-17(19)25-14-13(24-16(18)15(14)26-17)10-23-27(22-9-7-8-20)21(11(2)3)12(4)5/h6,11-16H,1,7,9-10,18H2,2-5H3/t13-,14?,15?,16-,17?,27?/m0/s1. The van der Waals surface area contributed by atoms with Crippen LogP contribution in [-0.2, 0) is 23.3 Å². The first kappa shape index (κ1) is 23.5. The van der Waals surface area contributed by atoms with Crippen LogP contribution in [0.3, 0.4) is 0 Å². The fourth-order valence-corrected chi connectivity index (χ4v) is 5.50. The molecule has 4 unspecified atom stereocenters. The molecule has 6 atom stereocenters. The van der Waals surface area contributed by atoms with E-state index in [4.69, 9.17) is 28.5 Å². The molecule has 2 aliphatic rings. The minimum atomic E-state index is -1.31. The van der Waals surface area contributed by atoms with Gasteiger partial charge in [-0.25, -0.2) is 4.67 Å². The molecule has 0 aromatic rings. The predicted octanol–water partition coefficient (Wildman–Crippen LogP) is 2.70. The van der Waals surface area contributed by atoms with Crippen molar-refractivity contribution in [2.24, 2.45) is 0 Å². The average molecular weight is 510 g/mol. The zero-order chi connectivity index (χ0) is 20.2. The van der Waals surface area contributed by atoms with E-state index in [1.807, 2.05) is 7.85 Å². The summed E-state index contributed by atoms with van der Waals surface area (Å²) in [7, 11) is 0.673. The van der Waals surface area contributed by atoms with E-state index in [1.54, 1.807) is 6.08 Å². The third-order valence-electron chi connectivity index (χ3n) is 4.39. The van der Waals surface area contributed by atoms with E-state index in [-0.39, 0.29) is 36.4 Å². The molecule has 2 heterocycles. The minimum Gasteiger partial charge on any atom is -0.376 e. The van der Waals surface area contributed by atoms with Crippen molar-refractivity contribution in [1.29, 1.82) is 5.26 Å². The van der Waals surface area contributed by atoms with Crippen LogP contribution in [0.2, 0.25) is 0 Å². The van der Waals surface area contributed by atoms with Crippen molar-refractivity contribution in [1.82, 2.24) is 4.67 Å². The summed E-state index contributed by atoms with van der Waals surface area (Å²) in [6, 6.07) is 2.53. The predicted molar refractivity (Wildman–Crippen MR) is 115 cm³/mol. The van der Waals surface area contributed by atoms with Crippen LogP contribution < -0.4 is 0 Å². The summed E-state index contributed by atoms with van der Waals surface area (Å²) >= 11 is 2.11. The number of halogens is 1. The molecule has 0 spiro atoms. The molecule has 7 nitrogen and oxygen atoms in total. The Morgan fingerprint density at radius 1 is 1.30 bits per heavy atom. The molecule has 0 amide bonds. The fraction of sp³-hybridized carbons (Fsp3) is 0.824. The molecular weight excluding hydrogens is 481 g/mol. The van der Waals surface area contributed by atoms with Crippen LogP contribution in [0.1, 0.15) is 34.1 Å². The first-order valence-corrected chi connectivity index (χ1v) is 11.5. The second-order valence-electron chi connectivity index (χ2n) is 7.17. The molecule has 2 aliphatic heterocycles. The smallest absolute Gasteiger partial charge is 0.259 e. The third-order valence-corrected chi connectivity index (χ3v) is 7.41. The lowest BCUT2D eigenvalue weighted by Crippen LogP contribution is -2.36. The second kappa shape index (κ2) is 10.3. The van der Waals surface area contributed by atoms with Crippen LogP contribution in [0.25, 0.3) is 0 Å². The van der Waals surface area contributed by atoms with Gasteiger partial charge in [-0.15, -0.1) is 0 Å². The van der Waals surface area contributed by atoms with Crippen LogP contribution in [-0.4, -0.2) is 65.9 Å². The molecule has 0 aliphatic carbocycles. The summed E-state index contributed by atoms with van der Waals surface area (Å²) in [5, 5.41) is 8.81. The molecule has 0 aromatic carbocycles. The Balaban J connectivity index is 2.03. The lowest BCUT2D eigenvalue weighted by atomic mass is 9.93. The zero-order valence-electron chi connectivity index (χ0n) is 16.6. The highest BCUT2D eigenvalue weighted by atomic mass is 127. The number of hydrogen-bond donors (Lipinski definition) is 0. The summed E-state index contributed by atoms with van der Waals surface area (Å²) in [5.41, 5.74) is 0. The molecule has 0 aromatic heterocycles. The maximum Gasteiger partial charge on any atom is 0.259 e. The summed E-state index contributed by atoms with van der Waals surface area (Å²) < 4.78 is 31.5. The second-order valence-corrected chi connectivity index (χ2v) is 10.1. The van der Waals surface area contributed by atoms with Gasteiger partial charge in [0, 0.05) is 12.1 Å². The molecule has 10 heteroatoms. The molecular formula is C17H29BIN2O5P. The highest BCUT2D eigenvalue weighted by molar-refractivity contribution is 14.1. The quantitative estimate of drug-likeness (QED) is 0.112. The van der Waals surface area contributed by atoms with E-state index in [1.165, 1.54) is 0 Å². The van der Waals surface area contributed by atoms with Gasteiger partial charge in [-0.3, -0.25) is 0 Å². The summed E-state index contributed by atoms with van der Waals surface area (Å²) in [6.45, 7) is 12.9. The Morgan fingerprint density at radius 2 is 1.93 bits per heavy atom. The first-order valence-electron chi connectivity index (χ1n) is 9.27. The van der Waals surface area contributed by atoms with Crippen LogP contribution >= 0.6 is 31.1 Å². The maximum atomic E-state index is 8.81. The van der Waals surface area contributed by atoms with Gasteiger partial charge >= 0.3 is 0 Å². The van der Waals surface area contributed by atoms with Crippen LogP contribution in [0.15, 0.2) is 12.7 Å². The number of nitriles is 1. The lowest BCUT2D eigenvalue weighted by molar-refractivity contribution is -0.109. The number of ether oxygens (including phenoxy) is 3. The van der Waals surface area contributed by atoms with Crippen molar-refractivity contribution in [3.05, 3.63) is 12.7 Å². The summed E-state index contributed by atoms with van der Waals surface area (Å²) in [5.74, 6) is 0. The topological polar surface area (TPSA) is 73.2 Å². The number of alkyl halides is 1. The summed E-state index contributed by atoms with van der Waals surface area (Å²) in [6.07, 6.45) is 1.39. The van der Waals surface area contributed by atoms with Crippen molar-refractivity contribution in [3.63, 3.8) is 0 Å². The van der Waals surface area contributed by atoms with Gasteiger partial charge in [0.1, 0.15) is 26.2 Å². The number of fused-ring (bicyclic) bond motifs is 1. The molecule has 0 radical (unpaired) electrons. The maximum absolute atomic E-state index is 8.81. The normalized spacial score (nSPS) is 34.2. The van der Waals surface area contributed by atoms with Gasteiger partial charge in [0.25, 0.3) is 8.53 Å². The van der Waals surface area contributed by atoms with Gasteiger partial charge in [0.05, 0.1) is 31.7 Å². The number of nitrogens with zero attached hydrogens (tertiary/aromatic N) is 2. The molecule has 2 rings (SSSR count). The van der Waals surface area contributed by atoms with Crippen molar-refractivity contribution in [3.8, 4) is 6.07 Å². The highest BCUT2D eigenvalue weighted by Gasteiger charge is 2.55. The Hall–Kier alpha value is 0.215. The molecule has 2 saturated heterocycles. The number of rotatable bonds is 10. The van der Waals surface area contributed by atoms with Crippen molar-refractivity contribution < 1.29 is 23.3 Å². The van der Waals surface area contributed by atoms with Crippen LogP contribution in [0.5, 0.6) is 0 Å². The Bertz CT molecular complexity index is 544. The van der Waals surface area contributed by atoms with E-state index in [0.717, 1.165) is 0 Å². The van der Waals surface area contributed by atoms with E-state index >= 15 is 0 Å². The van der Waals surface area contributed by atoms with Gasteiger partial charge in [0.15, 0.2) is 0 Å². The van der Waals surface area contributed by atoms with Crippen LogP contribution in [0, 0.1) is 11.3 Å². The van der Waals surface area contributed by atoms with E-state index in [2.05, 4.69) is 67.6 Å². The van der Waals surface area contributed by atoms with Gasteiger partial charge in [-0.1, -0.05) is 6.58 Å². The largest absolute Gasteiger partial charge is 0.376 e. The minimum absolute atomic E-state index is 0.0859. The SMILES string of the molecule is B[C@H]1O[C@@H](COP(OCCC#N)N(C(C)C)C(C)C)C2OC(I)(C=C)OC21. The molecule has 2 fully saturated rings. The highest BCUT2D eigenvalue weighted by Crippen LogP contribution is 2.48. The Kier molecular flexibility index (Phi) is 8.97. The van der Waals surface area contributed by atoms with Crippen molar-refractivity contribution >= 4 is 39.0 Å². The van der Waals surface area contributed by atoms with E-state index in [0.29, 0.717) is 19.6 Å². The molecule has 0 bridgehead atoms. The Labute approximate surface area is 178 Å². The first-order chi connectivity index (χ1) is 12.7. The average Bonchev–Trinajstić information content (AvgIpc) is 3.08. The molecule has 152 valence electrons. The molecule has 27 heavy (non-hydrogen) atoms. The lowest BCUT2D eigenvalue weighted by Gasteiger charge is -2.36. The van der Waals surface area contributed by atoms with Gasteiger partial charge in [0.2, 0.25) is 3.79 Å². The zero-order valence-corrected chi connectivity index (χ0v) is 19.7. The van der Waals surface area contributed by atoms with Gasteiger partial charge in [-0.2, -0.15) is 5.26 Å². The van der Waals surface area contributed by atoms with Crippen molar-refractivity contribution in [2.75, 3.05) is 13.2 Å².